The van der Waals surface area contributed by atoms with Crippen molar-refractivity contribution in [2.24, 2.45) is 0 Å². The number of carbonyl (C=O) groups is 2. The molecule has 0 unspecified atom stereocenters. The molecule has 1 aliphatic rings. The predicted molar refractivity (Wildman–Crippen MR) is 102 cm³/mol. The molecule has 1 heterocycles. The lowest BCUT2D eigenvalue weighted by atomic mass is 9.96. The fourth-order valence-electron chi connectivity index (χ4n) is 3.14. The molecule has 1 aromatic heterocycles. The number of halogens is 1. The van der Waals surface area contributed by atoms with Crippen LogP contribution in [0, 0.1) is 0 Å². The first kappa shape index (κ1) is 19.2. The molecule has 2 aromatic rings. The van der Waals surface area contributed by atoms with E-state index in [4.69, 9.17) is 20.9 Å². The highest BCUT2D eigenvalue weighted by Gasteiger charge is 2.27. The summed E-state index contributed by atoms with van der Waals surface area (Å²) in [6, 6.07) is 6.51. The zero-order valence-corrected chi connectivity index (χ0v) is 15.8. The molecule has 8 heteroatoms. The van der Waals surface area contributed by atoms with Gasteiger partial charge in [0.05, 0.1) is 6.61 Å². The summed E-state index contributed by atoms with van der Waals surface area (Å²) in [5.41, 5.74) is 1.00. The van der Waals surface area contributed by atoms with Crippen LogP contribution in [0.1, 0.15) is 49.4 Å². The van der Waals surface area contributed by atoms with Gasteiger partial charge in [0.15, 0.2) is 5.56 Å². The number of rotatable bonds is 5. The summed E-state index contributed by atoms with van der Waals surface area (Å²) in [6.45, 7) is 1.90. The average molecular weight is 392 g/mol. The van der Waals surface area contributed by atoms with Crippen molar-refractivity contribution in [2.45, 2.75) is 45.1 Å². The Balaban J connectivity index is 1.82. The lowest BCUT2D eigenvalue weighted by molar-refractivity contribution is 0.0528. The number of nitrogens with zero attached hydrogens (tertiary/aromatic N) is 1. The van der Waals surface area contributed by atoms with Crippen LogP contribution in [0.5, 0.6) is 0 Å². The molecule has 27 heavy (non-hydrogen) atoms. The van der Waals surface area contributed by atoms with Gasteiger partial charge < -0.3 is 14.6 Å². The van der Waals surface area contributed by atoms with Gasteiger partial charge in [-0.3, -0.25) is 5.32 Å². The van der Waals surface area contributed by atoms with Gasteiger partial charge in [0.25, 0.3) is 0 Å². The maximum Gasteiger partial charge on any atom is 0.346 e. The van der Waals surface area contributed by atoms with E-state index in [2.05, 4.69) is 15.8 Å². The third kappa shape index (κ3) is 4.80. The molecule has 1 aromatic carbocycles. The zero-order chi connectivity index (χ0) is 19.2. The van der Waals surface area contributed by atoms with Gasteiger partial charge >= 0.3 is 12.0 Å². The topological polar surface area (TPSA) is 93.5 Å². The second kappa shape index (κ2) is 8.90. The van der Waals surface area contributed by atoms with Crippen LogP contribution in [0.15, 0.2) is 28.8 Å². The van der Waals surface area contributed by atoms with Gasteiger partial charge in [-0.2, -0.15) is 0 Å². The largest absolute Gasteiger partial charge is 0.462 e. The molecule has 0 aliphatic heterocycles. The Morgan fingerprint density at radius 3 is 2.59 bits per heavy atom. The standard InChI is InChI=1S/C19H22ClN3O4/c1-2-26-18(24)15-16(12-8-10-13(20)11-9-12)23-27-17(15)22-19(25)21-14-6-4-3-5-7-14/h8-11,14H,2-7H2,1H3,(H2,21,22,25). The highest BCUT2D eigenvalue weighted by molar-refractivity contribution is 6.30. The smallest absolute Gasteiger partial charge is 0.346 e. The van der Waals surface area contributed by atoms with E-state index < -0.39 is 12.0 Å². The highest BCUT2D eigenvalue weighted by atomic mass is 35.5. The van der Waals surface area contributed by atoms with E-state index in [1.165, 1.54) is 6.42 Å². The number of aromatic nitrogens is 1. The lowest BCUT2D eigenvalue weighted by Crippen LogP contribution is -2.39. The number of hydrogen-bond acceptors (Lipinski definition) is 5. The molecule has 2 amide bonds. The van der Waals surface area contributed by atoms with Gasteiger partial charge in [-0.05, 0) is 31.9 Å². The maximum absolute atomic E-state index is 12.4. The van der Waals surface area contributed by atoms with Gasteiger partial charge in [0.1, 0.15) is 5.69 Å². The number of benzene rings is 1. The molecule has 1 saturated carbocycles. The molecular formula is C19H22ClN3O4. The van der Waals surface area contributed by atoms with E-state index >= 15 is 0 Å². The van der Waals surface area contributed by atoms with Gasteiger partial charge in [0, 0.05) is 16.6 Å². The van der Waals surface area contributed by atoms with Crippen LogP contribution in [-0.4, -0.2) is 29.8 Å². The van der Waals surface area contributed by atoms with E-state index in [-0.39, 0.29) is 29.8 Å². The summed E-state index contributed by atoms with van der Waals surface area (Å²) in [5, 5.41) is 10.0. The first-order valence-electron chi connectivity index (χ1n) is 9.08. The molecule has 3 rings (SSSR count). The number of urea groups is 1. The van der Waals surface area contributed by atoms with Crippen molar-refractivity contribution in [3.63, 3.8) is 0 Å². The molecule has 7 nitrogen and oxygen atoms in total. The molecule has 0 radical (unpaired) electrons. The Hall–Kier alpha value is -2.54. The fourth-order valence-corrected chi connectivity index (χ4v) is 3.27. The van der Waals surface area contributed by atoms with E-state index in [0.29, 0.717) is 10.6 Å². The Morgan fingerprint density at radius 2 is 1.93 bits per heavy atom. The van der Waals surface area contributed by atoms with Crippen molar-refractivity contribution in [3.8, 4) is 11.3 Å². The van der Waals surface area contributed by atoms with Crippen LogP contribution >= 0.6 is 11.6 Å². The zero-order valence-electron chi connectivity index (χ0n) is 15.1. The lowest BCUT2D eigenvalue weighted by Gasteiger charge is -2.22. The molecule has 144 valence electrons. The first-order chi connectivity index (χ1) is 13.1. The molecule has 0 atom stereocenters. The number of nitrogens with one attached hydrogen (secondary N) is 2. The molecular weight excluding hydrogens is 370 g/mol. The SMILES string of the molecule is CCOC(=O)c1c(-c2ccc(Cl)cc2)noc1NC(=O)NC1CCCCC1. The molecule has 0 saturated heterocycles. The van der Waals surface area contributed by atoms with Gasteiger partial charge in [-0.15, -0.1) is 0 Å². The van der Waals surface area contributed by atoms with E-state index in [1.54, 1.807) is 31.2 Å². The quantitative estimate of drug-likeness (QED) is 0.725. The van der Waals surface area contributed by atoms with Crippen molar-refractivity contribution < 1.29 is 18.8 Å². The van der Waals surface area contributed by atoms with Crippen LogP contribution in [0.2, 0.25) is 5.02 Å². The number of ether oxygens (including phenoxy) is 1. The van der Waals surface area contributed by atoms with Crippen LogP contribution in [0.4, 0.5) is 10.7 Å². The van der Waals surface area contributed by atoms with Crippen molar-refractivity contribution in [1.29, 1.82) is 0 Å². The van der Waals surface area contributed by atoms with Gasteiger partial charge in [0.2, 0.25) is 5.88 Å². The van der Waals surface area contributed by atoms with Crippen molar-refractivity contribution >= 4 is 29.5 Å². The number of hydrogen-bond donors (Lipinski definition) is 2. The normalized spacial score (nSPS) is 14.6. The Labute approximate surface area is 162 Å². The third-order valence-electron chi connectivity index (χ3n) is 4.46. The number of anilines is 1. The number of carbonyl (C=O) groups excluding carboxylic acids is 2. The monoisotopic (exact) mass is 391 g/mol. The Morgan fingerprint density at radius 1 is 1.22 bits per heavy atom. The van der Waals surface area contributed by atoms with Gasteiger partial charge in [-0.1, -0.05) is 48.2 Å². The minimum absolute atomic E-state index is 0.0355. The van der Waals surface area contributed by atoms with E-state index in [1.807, 2.05) is 0 Å². The number of amides is 2. The minimum Gasteiger partial charge on any atom is -0.462 e. The second-order valence-electron chi connectivity index (χ2n) is 6.40. The molecule has 1 aliphatic carbocycles. The summed E-state index contributed by atoms with van der Waals surface area (Å²) in [7, 11) is 0. The molecule has 1 fully saturated rings. The van der Waals surface area contributed by atoms with Crippen molar-refractivity contribution in [1.82, 2.24) is 10.5 Å². The molecule has 2 N–H and O–H groups in total. The second-order valence-corrected chi connectivity index (χ2v) is 6.83. The molecule has 0 spiro atoms. The Bertz CT molecular complexity index is 798. The maximum atomic E-state index is 12.4. The fraction of sp³-hybridized carbons (Fsp3) is 0.421. The first-order valence-corrected chi connectivity index (χ1v) is 9.46. The van der Waals surface area contributed by atoms with E-state index in [0.717, 1.165) is 25.7 Å². The summed E-state index contributed by atoms with van der Waals surface area (Å²) >= 11 is 5.92. The third-order valence-corrected chi connectivity index (χ3v) is 4.71. The predicted octanol–water partition coefficient (Wildman–Crippen LogP) is 4.63. The van der Waals surface area contributed by atoms with E-state index in [9.17, 15) is 9.59 Å². The van der Waals surface area contributed by atoms with Crippen molar-refractivity contribution in [2.75, 3.05) is 11.9 Å². The summed E-state index contributed by atoms with van der Waals surface area (Å²) in [5.74, 6) is -0.650. The summed E-state index contributed by atoms with van der Waals surface area (Å²) in [6.07, 6.45) is 5.29. The van der Waals surface area contributed by atoms with Crippen molar-refractivity contribution in [3.05, 3.63) is 34.9 Å². The van der Waals surface area contributed by atoms with Crippen LogP contribution in [-0.2, 0) is 4.74 Å². The minimum atomic E-state index is -0.614. The number of esters is 1. The summed E-state index contributed by atoms with van der Waals surface area (Å²) < 4.78 is 10.4. The average Bonchev–Trinajstić information content (AvgIpc) is 3.06. The van der Waals surface area contributed by atoms with Gasteiger partial charge in [-0.25, -0.2) is 9.59 Å². The van der Waals surface area contributed by atoms with Crippen LogP contribution < -0.4 is 10.6 Å². The van der Waals surface area contributed by atoms with Crippen LogP contribution in [0.3, 0.4) is 0 Å². The molecule has 0 bridgehead atoms. The Kier molecular flexibility index (Phi) is 6.34. The van der Waals surface area contributed by atoms with Crippen LogP contribution in [0.25, 0.3) is 11.3 Å². The summed E-state index contributed by atoms with van der Waals surface area (Å²) in [4.78, 5) is 24.8. The highest BCUT2D eigenvalue weighted by Crippen LogP contribution is 2.30.